The van der Waals surface area contributed by atoms with Crippen LogP contribution in [0.1, 0.15) is 16.7 Å². The van der Waals surface area contributed by atoms with Crippen molar-refractivity contribution < 1.29 is 18.1 Å². The van der Waals surface area contributed by atoms with E-state index >= 15 is 0 Å². The third-order valence-corrected chi connectivity index (χ3v) is 8.10. The van der Waals surface area contributed by atoms with Crippen LogP contribution in [0.3, 0.4) is 0 Å². The summed E-state index contributed by atoms with van der Waals surface area (Å²) in [4.78, 5) is 19.3. The molecule has 2 N–H and O–H groups in total. The van der Waals surface area contributed by atoms with Crippen LogP contribution in [0.2, 0.25) is 0 Å². The molecule has 0 aliphatic heterocycles. The number of aryl methyl sites for hydroxylation is 2. The minimum atomic E-state index is -3.94. The zero-order valence-corrected chi connectivity index (χ0v) is 22.7. The van der Waals surface area contributed by atoms with Gasteiger partial charge in [0.15, 0.2) is 0 Å². The third-order valence-electron chi connectivity index (χ3n) is 5.81. The Morgan fingerprint density at radius 1 is 0.975 bits per heavy atom. The smallest absolute Gasteiger partial charge is 0.269 e. The second-order valence-electron chi connectivity index (χ2n) is 8.70. The van der Waals surface area contributed by atoms with E-state index in [0.29, 0.717) is 34.1 Å². The van der Waals surface area contributed by atoms with Crippen LogP contribution in [0, 0.1) is 35.3 Å². The predicted molar refractivity (Wildman–Crippen MR) is 152 cm³/mol. The first-order valence-corrected chi connectivity index (χ1v) is 14.1. The van der Waals surface area contributed by atoms with Crippen LogP contribution in [-0.2, 0) is 10.0 Å². The minimum Gasteiger partial charge on any atom is -0.437 e. The molecule has 0 amide bonds. The van der Waals surface area contributed by atoms with Crippen molar-refractivity contribution in [3.05, 3.63) is 98.9 Å². The van der Waals surface area contributed by atoms with Crippen molar-refractivity contribution >= 4 is 54.6 Å². The number of non-ortho nitro benzene ring substituents is 1. The fourth-order valence-electron chi connectivity index (χ4n) is 3.95. The van der Waals surface area contributed by atoms with Gasteiger partial charge in [-0.1, -0.05) is 0 Å². The topological polar surface area (TPSA) is 160 Å². The highest BCUT2D eigenvalue weighted by atomic mass is 32.2. The van der Waals surface area contributed by atoms with Crippen molar-refractivity contribution in [2.24, 2.45) is 0 Å². The van der Waals surface area contributed by atoms with Gasteiger partial charge < -0.3 is 10.1 Å². The number of hydrogen-bond acceptors (Lipinski definition) is 10. The van der Waals surface area contributed by atoms with Crippen LogP contribution < -0.4 is 14.8 Å². The van der Waals surface area contributed by atoms with Gasteiger partial charge in [0.05, 0.1) is 27.0 Å². The maximum absolute atomic E-state index is 12.7. The van der Waals surface area contributed by atoms with Gasteiger partial charge in [-0.2, -0.15) is 10.2 Å². The fraction of sp³-hybridized carbons (Fsp3) is 0.0741. The van der Waals surface area contributed by atoms with E-state index in [-0.39, 0.29) is 16.5 Å². The van der Waals surface area contributed by atoms with Crippen LogP contribution >= 0.6 is 11.3 Å². The molecule has 0 bridgehead atoms. The van der Waals surface area contributed by atoms with Crippen molar-refractivity contribution in [3.63, 3.8) is 0 Å². The number of fused-ring (bicyclic) bond motifs is 1. The molecule has 0 atom stereocenters. The molecule has 0 saturated carbocycles. The number of nitro groups is 1. The first-order chi connectivity index (χ1) is 19.1. The Hall–Kier alpha value is -5.06. The molecular formula is C27H20N6O5S2. The molecule has 3 aromatic carbocycles. The molecule has 5 aromatic rings. The Morgan fingerprint density at radius 3 is 2.25 bits per heavy atom. The fourth-order valence-corrected chi connectivity index (χ4v) is 5.76. The van der Waals surface area contributed by atoms with Gasteiger partial charge in [-0.15, -0.1) is 11.3 Å². The number of rotatable bonds is 8. The van der Waals surface area contributed by atoms with Crippen molar-refractivity contribution in [1.29, 1.82) is 5.26 Å². The number of nitro benzene ring substituents is 1. The zero-order chi connectivity index (χ0) is 28.4. The maximum Gasteiger partial charge on any atom is 0.269 e. The molecule has 0 aliphatic rings. The Morgan fingerprint density at radius 2 is 1.62 bits per heavy atom. The number of thiophene rings is 1. The standard InChI is InChI=1S/C27H20N6O5S2/c1-16-13-18(15-28)14-17(2)24(16)38-26-25-23(11-12-39-25)30-27(31-26)29-19-3-5-20(6-4-19)32-40(36,37)22-9-7-21(8-10-22)33(34)35/h3-14,32H,1-2H3,(H,29,30,31). The molecule has 0 unspecified atom stereocenters. The summed E-state index contributed by atoms with van der Waals surface area (Å²) in [6, 6.07) is 18.6. The van der Waals surface area contributed by atoms with Crippen molar-refractivity contribution in [1.82, 2.24) is 9.97 Å². The molecule has 0 fully saturated rings. The van der Waals surface area contributed by atoms with Gasteiger partial charge in [0.2, 0.25) is 11.8 Å². The summed E-state index contributed by atoms with van der Waals surface area (Å²) in [6.07, 6.45) is 0. The van der Waals surface area contributed by atoms with E-state index in [1.54, 1.807) is 36.4 Å². The summed E-state index contributed by atoms with van der Waals surface area (Å²) < 4.78 is 34.8. The van der Waals surface area contributed by atoms with E-state index in [2.05, 4.69) is 26.1 Å². The number of nitrogens with one attached hydrogen (secondary N) is 2. The molecule has 0 aliphatic carbocycles. The van der Waals surface area contributed by atoms with Gasteiger partial charge in [-0.05, 0) is 85.0 Å². The molecule has 40 heavy (non-hydrogen) atoms. The molecule has 2 aromatic heterocycles. The minimum absolute atomic E-state index is 0.0990. The summed E-state index contributed by atoms with van der Waals surface area (Å²) in [5.74, 6) is 1.26. The lowest BCUT2D eigenvalue weighted by Crippen LogP contribution is -2.12. The molecule has 0 radical (unpaired) electrons. The Labute approximate surface area is 232 Å². The van der Waals surface area contributed by atoms with Gasteiger partial charge in [0, 0.05) is 23.5 Å². The Bertz CT molecular complexity index is 1870. The molecule has 200 valence electrons. The van der Waals surface area contributed by atoms with Gasteiger partial charge in [-0.25, -0.2) is 13.4 Å². The lowest BCUT2D eigenvalue weighted by atomic mass is 10.1. The zero-order valence-electron chi connectivity index (χ0n) is 21.1. The second kappa shape index (κ2) is 10.6. The molecule has 0 spiro atoms. The van der Waals surface area contributed by atoms with E-state index in [4.69, 9.17) is 4.74 Å². The normalized spacial score (nSPS) is 11.1. The van der Waals surface area contributed by atoms with Gasteiger partial charge >= 0.3 is 0 Å². The third kappa shape index (κ3) is 5.53. The summed E-state index contributed by atoms with van der Waals surface area (Å²) in [7, 11) is -3.94. The number of sulfonamides is 1. The van der Waals surface area contributed by atoms with Crippen molar-refractivity contribution in [2.75, 3.05) is 10.0 Å². The summed E-state index contributed by atoms with van der Waals surface area (Å²) in [5, 5.41) is 25.1. The van der Waals surface area contributed by atoms with Crippen molar-refractivity contribution in [3.8, 4) is 17.7 Å². The largest absolute Gasteiger partial charge is 0.437 e. The highest BCUT2D eigenvalue weighted by Crippen LogP contribution is 2.36. The molecular weight excluding hydrogens is 552 g/mol. The average molecular weight is 573 g/mol. The number of nitrogens with zero attached hydrogens (tertiary/aromatic N) is 4. The summed E-state index contributed by atoms with van der Waals surface area (Å²) >= 11 is 1.45. The first-order valence-electron chi connectivity index (χ1n) is 11.7. The number of benzene rings is 3. The summed E-state index contributed by atoms with van der Waals surface area (Å²) in [6.45, 7) is 3.74. The van der Waals surface area contributed by atoms with Gasteiger partial charge in [-0.3, -0.25) is 14.8 Å². The van der Waals surface area contributed by atoms with E-state index in [1.165, 1.54) is 23.5 Å². The van der Waals surface area contributed by atoms with E-state index in [0.717, 1.165) is 28.0 Å². The number of hydrogen-bond donors (Lipinski definition) is 2. The maximum atomic E-state index is 12.7. The number of aromatic nitrogens is 2. The number of ether oxygens (including phenoxy) is 1. The molecule has 5 rings (SSSR count). The van der Waals surface area contributed by atoms with E-state index < -0.39 is 14.9 Å². The average Bonchev–Trinajstić information content (AvgIpc) is 3.40. The molecule has 11 nitrogen and oxygen atoms in total. The molecule has 0 saturated heterocycles. The first kappa shape index (κ1) is 26.5. The highest BCUT2D eigenvalue weighted by molar-refractivity contribution is 7.92. The quantitative estimate of drug-likeness (QED) is 0.158. The Kier molecular flexibility index (Phi) is 7.03. The van der Waals surface area contributed by atoms with E-state index in [9.17, 15) is 23.8 Å². The van der Waals surface area contributed by atoms with Gasteiger partial charge in [0.25, 0.3) is 15.7 Å². The lowest BCUT2D eigenvalue weighted by Gasteiger charge is -2.13. The van der Waals surface area contributed by atoms with Crippen LogP contribution in [0.25, 0.3) is 10.2 Å². The van der Waals surface area contributed by atoms with Crippen LogP contribution in [-0.4, -0.2) is 23.3 Å². The van der Waals surface area contributed by atoms with Crippen LogP contribution in [0.5, 0.6) is 11.6 Å². The lowest BCUT2D eigenvalue weighted by molar-refractivity contribution is -0.384. The number of nitriles is 1. The van der Waals surface area contributed by atoms with Crippen LogP contribution in [0.4, 0.5) is 23.0 Å². The second-order valence-corrected chi connectivity index (χ2v) is 11.3. The highest BCUT2D eigenvalue weighted by Gasteiger charge is 2.17. The molecule has 2 heterocycles. The monoisotopic (exact) mass is 572 g/mol. The van der Waals surface area contributed by atoms with Crippen LogP contribution in [0.15, 0.2) is 77.0 Å². The van der Waals surface area contributed by atoms with Crippen molar-refractivity contribution in [2.45, 2.75) is 18.7 Å². The number of anilines is 3. The Balaban J connectivity index is 1.36. The SMILES string of the molecule is Cc1cc(C#N)cc(C)c1Oc1nc(Nc2ccc(NS(=O)(=O)c3ccc([N+](=O)[O-])cc3)cc2)nc2ccsc12. The predicted octanol–water partition coefficient (Wildman–Crippen LogP) is 6.42. The van der Waals surface area contributed by atoms with Gasteiger partial charge in [0.1, 0.15) is 10.4 Å². The summed E-state index contributed by atoms with van der Waals surface area (Å²) in [5.41, 5.74) is 3.55. The van der Waals surface area contributed by atoms with E-state index in [1.807, 2.05) is 25.3 Å². The molecule has 13 heteroatoms.